The number of amides is 1. The zero-order valence-corrected chi connectivity index (χ0v) is 14.1. The van der Waals surface area contributed by atoms with E-state index in [0.29, 0.717) is 30.0 Å². The number of nitrogens with one attached hydrogen (secondary N) is 1. The van der Waals surface area contributed by atoms with Crippen molar-refractivity contribution >= 4 is 5.91 Å². The number of aromatic nitrogens is 4. The maximum atomic E-state index is 12.7. The van der Waals surface area contributed by atoms with Gasteiger partial charge >= 0.3 is 6.18 Å². The van der Waals surface area contributed by atoms with E-state index in [2.05, 4.69) is 20.4 Å². The van der Waals surface area contributed by atoms with Crippen LogP contribution in [0.15, 0.2) is 55.1 Å². The summed E-state index contributed by atoms with van der Waals surface area (Å²) in [5, 5.41) is 7.02. The van der Waals surface area contributed by atoms with Gasteiger partial charge in [-0.1, -0.05) is 18.2 Å². The minimum absolute atomic E-state index is 0.117. The minimum atomic E-state index is -4.42. The van der Waals surface area contributed by atoms with E-state index in [9.17, 15) is 18.0 Å². The molecule has 6 nitrogen and oxygen atoms in total. The average Bonchev–Trinajstić information content (AvgIpc) is 3.11. The van der Waals surface area contributed by atoms with Crippen LogP contribution in [0.5, 0.6) is 0 Å². The van der Waals surface area contributed by atoms with E-state index in [-0.39, 0.29) is 12.3 Å². The molecule has 27 heavy (non-hydrogen) atoms. The van der Waals surface area contributed by atoms with Crippen molar-refractivity contribution in [2.45, 2.75) is 19.1 Å². The van der Waals surface area contributed by atoms with Crippen molar-refractivity contribution in [3.05, 3.63) is 66.2 Å². The fraction of sp³-hybridized carbons (Fsp3) is 0.222. The number of halogens is 3. The first kappa shape index (κ1) is 18.6. The van der Waals surface area contributed by atoms with E-state index in [1.54, 1.807) is 35.5 Å². The lowest BCUT2D eigenvalue weighted by Crippen LogP contribution is -2.28. The Hall–Kier alpha value is -3.23. The highest BCUT2D eigenvalue weighted by Crippen LogP contribution is 2.29. The van der Waals surface area contributed by atoms with Gasteiger partial charge in [-0.05, 0) is 17.7 Å². The predicted molar refractivity (Wildman–Crippen MR) is 91.4 cm³/mol. The normalized spacial score (nSPS) is 11.4. The molecule has 0 aliphatic carbocycles. The van der Waals surface area contributed by atoms with E-state index in [4.69, 9.17) is 0 Å². The van der Waals surface area contributed by atoms with Crippen molar-refractivity contribution < 1.29 is 18.0 Å². The Morgan fingerprint density at radius 2 is 2.00 bits per heavy atom. The second kappa shape index (κ2) is 7.98. The van der Waals surface area contributed by atoms with Gasteiger partial charge in [0, 0.05) is 25.1 Å². The molecule has 2 aromatic heterocycles. The van der Waals surface area contributed by atoms with Gasteiger partial charge in [0.1, 0.15) is 11.4 Å². The van der Waals surface area contributed by atoms with E-state index in [1.165, 1.54) is 12.1 Å². The van der Waals surface area contributed by atoms with Gasteiger partial charge in [0.2, 0.25) is 5.91 Å². The van der Waals surface area contributed by atoms with Crippen LogP contribution >= 0.6 is 0 Å². The third-order valence-corrected chi connectivity index (χ3v) is 3.75. The molecule has 0 bridgehead atoms. The number of alkyl halides is 3. The summed E-state index contributed by atoms with van der Waals surface area (Å²) >= 11 is 0. The summed E-state index contributed by atoms with van der Waals surface area (Å²) in [6.45, 7) is 0.730. The predicted octanol–water partition coefficient (Wildman–Crippen LogP) is 2.72. The summed E-state index contributed by atoms with van der Waals surface area (Å²) in [6.07, 6.45) is 1.95. The third kappa shape index (κ3) is 5.13. The number of hydrogen-bond donors (Lipinski definition) is 1. The molecule has 0 saturated heterocycles. The molecule has 0 unspecified atom stereocenters. The van der Waals surface area contributed by atoms with E-state index in [1.807, 2.05) is 0 Å². The summed E-state index contributed by atoms with van der Waals surface area (Å²) in [5.74, 6) is -0.351. The highest BCUT2D eigenvalue weighted by molar-refractivity contribution is 5.78. The Morgan fingerprint density at radius 3 is 2.74 bits per heavy atom. The number of nitrogens with zero attached hydrogens (tertiary/aromatic N) is 4. The van der Waals surface area contributed by atoms with Gasteiger partial charge in [0.25, 0.3) is 0 Å². The van der Waals surface area contributed by atoms with E-state index in [0.717, 1.165) is 12.1 Å². The second-order valence-corrected chi connectivity index (χ2v) is 5.78. The minimum Gasteiger partial charge on any atom is -0.354 e. The molecular formula is C18H16F3N5O. The smallest absolute Gasteiger partial charge is 0.354 e. The van der Waals surface area contributed by atoms with Crippen LogP contribution in [0.25, 0.3) is 11.4 Å². The maximum Gasteiger partial charge on any atom is 0.416 e. The van der Waals surface area contributed by atoms with Gasteiger partial charge in [-0.15, -0.1) is 0 Å². The van der Waals surface area contributed by atoms with Crippen molar-refractivity contribution in [3.8, 4) is 11.4 Å². The van der Waals surface area contributed by atoms with E-state index < -0.39 is 11.7 Å². The Kier molecular flexibility index (Phi) is 5.49. The number of hydrogen-bond acceptors (Lipinski definition) is 4. The average molecular weight is 375 g/mol. The standard InChI is InChI=1S/C18H16F3N5O/c19-18(20,21)14-3-1-2-13(10-14)11-17(27)24-7-9-26-8-4-15(25-26)16-12-22-5-6-23-16/h1-6,8,10,12H,7,9,11H2,(H,24,27). The molecule has 1 amide bonds. The lowest BCUT2D eigenvalue weighted by atomic mass is 10.1. The van der Waals surface area contributed by atoms with Crippen molar-refractivity contribution in [3.63, 3.8) is 0 Å². The lowest BCUT2D eigenvalue weighted by molar-refractivity contribution is -0.137. The number of benzene rings is 1. The molecule has 0 spiro atoms. The van der Waals surface area contributed by atoms with E-state index >= 15 is 0 Å². The van der Waals surface area contributed by atoms with Crippen LogP contribution in [-0.4, -0.2) is 32.2 Å². The molecule has 3 aromatic rings. The first-order valence-corrected chi connectivity index (χ1v) is 8.14. The molecule has 0 saturated carbocycles. The van der Waals surface area contributed by atoms with Gasteiger partial charge < -0.3 is 5.32 Å². The zero-order chi connectivity index (χ0) is 19.3. The van der Waals surface area contributed by atoms with Crippen molar-refractivity contribution in [1.82, 2.24) is 25.1 Å². The third-order valence-electron chi connectivity index (χ3n) is 3.75. The van der Waals surface area contributed by atoms with Crippen LogP contribution in [0.1, 0.15) is 11.1 Å². The highest BCUT2D eigenvalue weighted by Gasteiger charge is 2.30. The summed E-state index contributed by atoms with van der Waals surface area (Å²) in [7, 11) is 0. The van der Waals surface area contributed by atoms with Crippen molar-refractivity contribution in [1.29, 1.82) is 0 Å². The van der Waals surface area contributed by atoms with Crippen LogP contribution in [0.4, 0.5) is 13.2 Å². The Bertz CT molecular complexity index is 909. The number of carbonyl (C=O) groups is 1. The first-order chi connectivity index (χ1) is 12.9. The Morgan fingerprint density at radius 1 is 1.15 bits per heavy atom. The summed E-state index contributed by atoms with van der Waals surface area (Å²) in [5.41, 5.74) is 0.857. The van der Waals surface area contributed by atoms with Crippen LogP contribution in [0, 0.1) is 0 Å². The van der Waals surface area contributed by atoms with Crippen LogP contribution in [-0.2, 0) is 23.9 Å². The molecule has 140 valence electrons. The van der Waals surface area contributed by atoms with Gasteiger partial charge in [-0.2, -0.15) is 18.3 Å². The van der Waals surface area contributed by atoms with Gasteiger partial charge in [-0.3, -0.25) is 19.4 Å². The first-order valence-electron chi connectivity index (χ1n) is 8.14. The summed E-state index contributed by atoms with van der Waals surface area (Å²) in [4.78, 5) is 20.1. The topological polar surface area (TPSA) is 72.7 Å². The molecule has 2 heterocycles. The quantitative estimate of drug-likeness (QED) is 0.719. The molecule has 0 aliphatic rings. The largest absolute Gasteiger partial charge is 0.416 e. The molecule has 0 atom stereocenters. The maximum absolute atomic E-state index is 12.7. The lowest BCUT2D eigenvalue weighted by Gasteiger charge is -2.09. The fourth-order valence-corrected chi connectivity index (χ4v) is 2.47. The zero-order valence-electron chi connectivity index (χ0n) is 14.1. The van der Waals surface area contributed by atoms with Gasteiger partial charge in [0.15, 0.2) is 0 Å². The molecule has 9 heteroatoms. The van der Waals surface area contributed by atoms with Crippen molar-refractivity contribution in [2.24, 2.45) is 0 Å². The molecule has 1 aromatic carbocycles. The summed E-state index contributed by atoms with van der Waals surface area (Å²) in [6, 6.07) is 6.54. The van der Waals surface area contributed by atoms with Crippen LogP contribution < -0.4 is 5.32 Å². The van der Waals surface area contributed by atoms with Crippen molar-refractivity contribution in [2.75, 3.05) is 6.54 Å². The molecule has 0 fully saturated rings. The summed E-state index contributed by atoms with van der Waals surface area (Å²) < 4.78 is 39.8. The molecule has 0 aliphatic heterocycles. The number of rotatable bonds is 6. The van der Waals surface area contributed by atoms with Gasteiger partial charge in [0.05, 0.1) is 24.7 Å². The molecule has 0 radical (unpaired) electrons. The molecule has 3 rings (SSSR count). The Balaban J connectivity index is 1.50. The van der Waals surface area contributed by atoms with Crippen LogP contribution in [0.3, 0.4) is 0 Å². The monoisotopic (exact) mass is 375 g/mol. The highest BCUT2D eigenvalue weighted by atomic mass is 19.4. The molecular weight excluding hydrogens is 359 g/mol. The molecule has 1 N–H and O–H groups in total. The SMILES string of the molecule is O=C(Cc1cccc(C(F)(F)F)c1)NCCn1ccc(-c2cnccn2)n1. The number of carbonyl (C=O) groups excluding carboxylic acids is 1. The Labute approximate surface area is 153 Å². The van der Waals surface area contributed by atoms with Gasteiger partial charge in [-0.25, -0.2) is 0 Å². The second-order valence-electron chi connectivity index (χ2n) is 5.78. The fourth-order valence-electron chi connectivity index (χ4n) is 2.47. The van der Waals surface area contributed by atoms with Crippen LogP contribution in [0.2, 0.25) is 0 Å².